The van der Waals surface area contributed by atoms with Crippen LogP contribution in [0, 0.1) is 5.82 Å². The molecule has 23 heavy (non-hydrogen) atoms. The highest BCUT2D eigenvalue weighted by atomic mass is 19.4. The van der Waals surface area contributed by atoms with Gasteiger partial charge < -0.3 is 14.1 Å². The van der Waals surface area contributed by atoms with Gasteiger partial charge in [-0.05, 0) is 30.3 Å². The molecule has 1 aromatic heterocycles. The van der Waals surface area contributed by atoms with Gasteiger partial charge in [-0.2, -0.15) is 13.2 Å². The lowest BCUT2D eigenvalue weighted by molar-refractivity contribution is -0.142. The average Bonchev–Trinajstić information content (AvgIpc) is 2.97. The highest BCUT2D eigenvalue weighted by Crippen LogP contribution is 2.23. The van der Waals surface area contributed by atoms with Crippen molar-refractivity contribution in [3.05, 3.63) is 53.7 Å². The Morgan fingerprint density at radius 3 is 2.57 bits per heavy atom. The number of hydrogen-bond acceptors (Lipinski definition) is 3. The Bertz CT molecular complexity index is 668. The van der Waals surface area contributed by atoms with Gasteiger partial charge in [0.2, 0.25) is 0 Å². The lowest BCUT2D eigenvalue weighted by atomic mass is 10.1. The zero-order valence-corrected chi connectivity index (χ0v) is 12.1. The quantitative estimate of drug-likeness (QED) is 0.786. The third-order valence-corrected chi connectivity index (χ3v) is 2.98. The van der Waals surface area contributed by atoms with Crippen molar-refractivity contribution in [1.29, 1.82) is 0 Å². The fraction of sp³-hybridized carbons (Fsp3) is 0.267. The summed E-state index contributed by atoms with van der Waals surface area (Å²) >= 11 is 0. The number of carbonyl (C=O) groups is 1. The van der Waals surface area contributed by atoms with Crippen molar-refractivity contribution in [1.82, 2.24) is 4.90 Å². The SMILES string of the molecule is COc1ccc(C(=O)N(Cc2ccco2)CC(F)(F)F)cc1F. The summed E-state index contributed by atoms with van der Waals surface area (Å²) in [7, 11) is 1.24. The molecule has 1 heterocycles. The van der Waals surface area contributed by atoms with Crippen LogP contribution in [0.5, 0.6) is 5.75 Å². The number of hydrogen-bond donors (Lipinski definition) is 0. The largest absolute Gasteiger partial charge is 0.494 e. The molecule has 2 aromatic rings. The molecule has 124 valence electrons. The first-order chi connectivity index (χ1) is 10.8. The minimum Gasteiger partial charge on any atom is -0.494 e. The van der Waals surface area contributed by atoms with Crippen molar-refractivity contribution in [2.45, 2.75) is 12.7 Å². The van der Waals surface area contributed by atoms with Gasteiger partial charge in [0.05, 0.1) is 19.9 Å². The molecule has 0 bridgehead atoms. The molecule has 0 spiro atoms. The topological polar surface area (TPSA) is 42.7 Å². The Kier molecular flexibility index (Phi) is 4.92. The smallest absolute Gasteiger partial charge is 0.406 e. The first kappa shape index (κ1) is 16.9. The van der Waals surface area contributed by atoms with Gasteiger partial charge in [-0.25, -0.2) is 4.39 Å². The van der Waals surface area contributed by atoms with E-state index >= 15 is 0 Å². The number of rotatable bonds is 5. The molecule has 0 N–H and O–H groups in total. The number of alkyl halides is 3. The number of furan rings is 1. The molecule has 1 aromatic carbocycles. The second-order valence-electron chi connectivity index (χ2n) is 4.71. The van der Waals surface area contributed by atoms with Crippen LogP contribution < -0.4 is 4.74 Å². The van der Waals surface area contributed by atoms with Crippen LogP contribution in [0.1, 0.15) is 16.1 Å². The Labute approximate surface area is 129 Å². The van der Waals surface area contributed by atoms with Gasteiger partial charge in [0, 0.05) is 5.56 Å². The molecule has 8 heteroatoms. The van der Waals surface area contributed by atoms with E-state index in [1.54, 1.807) is 0 Å². The van der Waals surface area contributed by atoms with Gasteiger partial charge in [-0.1, -0.05) is 0 Å². The summed E-state index contributed by atoms with van der Waals surface area (Å²) in [4.78, 5) is 12.8. The predicted molar refractivity (Wildman–Crippen MR) is 72.5 cm³/mol. The highest BCUT2D eigenvalue weighted by molar-refractivity contribution is 5.94. The second-order valence-corrected chi connectivity index (χ2v) is 4.71. The van der Waals surface area contributed by atoms with Gasteiger partial charge in [-0.15, -0.1) is 0 Å². The Morgan fingerprint density at radius 1 is 1.30 bits per heavy atom. The maximum absolute atomic E-state index is 13.7. The number of methoxy groups -OCH3 is 1. The summed E-state index contributed by atoms with van der Waals surface area (Å²) in [5, 5.41) is 0. The number of halogens is 4. The van der Waals surface area contributed by atoms with Crippen LogP contribution in [-0.4, -0.2) is 30.6 Å². The average molecular weight is 331 g/mol. The molecular weight excluding hydrogens is 318 g/mol. The number of carbonyl (C=O) groups excluding carboxylic acids is 1. The Morgan fingerprint density at radius 2 is 2.04 bits per heavy atom. The summed E-state index contributed by atoms with van der Waals surface area (Å²) in [5.41, 5.74) is -0.209. The normalized spacial score (nSPS) is 11.3. The minimum atomic E-state index is -4.59. The van der Waals surface area contributed by atoms with Gasteiger partial charge in [0.15, 0.2) is 11.6 Å². The summed E-state index contributed by atoms with van der Waals surface area (Å²) < 4.78 is 61.4. The van der Waals surface area contributed by atoms with Gasteiger partial charge in [0.1, 0.15) is 12.3 Å². The van der Waals surface area contributed by atoms with E-state index in [2.05, 4.69) is 0 Å². The molecule has 0 saturated heterocycles. The van der Waals surface area contributed by atoms with Crippen molar-refractivity contribution in [3.8, 4) is 5.75 Å². The van der Waals surface area contributed by atoms with E-state index in [4.69, 9.17) is 9.15 Å². The van der Waals surface area contributed by atoms with E-state index in [9.17, 15) is 22.4 Å². The number of benzene rings is 1. The Hall–Kier alpha value is -2.51. The molecule has 0 radical (unpaired) electrons. The molecule has 2 rings (SSSR count). The lowest BCUT2D eigenvalue weighted by Gasteiger charge is -2.23. The van der Waals surface area contributed by atoms with Crippen molar-refractivity contribution >= 4 is 5.91 Å². The van der Waals surface area contributed by atoms with E-state index in [0.717, 1.165) is 6.07 Å². The van der Waals surface area contributed by atoms with Gasteiger partial charge >= 0.3 is 6.18 Å². The lowest BCUT2D eigenvalue weighted by Crippen LogP contribution is -2.38. The summed E-state index contributed by atoms with van der Waals surface area (Å²) in [6, 6.07) is 6.17. The fourth-order valence-corrected chi connectivity index (χ4v) is 1.99. The monoisotopic (exact) mass is 331 g/mol. The fourth-order valence-electron chi connectivity index (χ4n) is 1.99. The van der Waals surface area contributed by atoms with Crippen molar-refractivity contribution in [2.24, 2.45) is 0 Å². The minimum absolute atomic E-state index is 0.102. The molecule has 0 aliphatic rings. The maximum atomic E-state index is 13.7. The standard InChI is InChI=1S/C15H13F4NO3/c1-22-13-5-4-10(7-12(13)16)14(21)20(9-15(17,18)19)8-11-3-2-6-23-11/h2-7H,8-9H2,1H3. The van der Waals surface area contributed by atoms with Crippen LogP contribution in [0.4, 0.5) is 17.6 Å². The van der Waals surface area contributed by atoms with E-state index in [1.165, 1.54) is 37.6 Å². The summed E-state index contributed by atoms with van der Waals surface area (Å²) in [6.45, 7) is -1.85. The van der Waals surface area contributed by atoms with Crippen LogP contribution in [0.25, 0.3) is 0 Å². The second kappa shape index (κ2) is 6.72. The first-order valence-electron chi connectivity index (χ1n) is 6.52. The highest BCUT2D eigenvalue weighted by Gasteiger charge is 2.34. The van der Waals surface area contributed by atoms with Crippen LogP contribution in [0.3, 0.4) is 0 Å². The molecule has 4 nitrogen and oxygen atoms in total. The summed E-state index contributed by atoms with van der Waals surface area (Å²) in [6.07, 6.45) is -3.30. The molecule has 0 saturated carbocycles. The molecule has 0 aliphatic carbocycles. The van der Waals surface area contributed by atoms with Crippen LogP contribution in [0.15, 0.2) is 41.0 Å². The predicted octanol–water partition coefficient (Wildman–Crippen LogP) is 3.63. The third kappa shape index (κ3) is 4.48. The molecule has 0 aliphatic heterocycles. The maximum Gasteiger partial charge on any atom is 0.406 e. The van der Waals surface area contributed by atoms with Crippen LogP contribution in [-0.2, 0) is 6.54 Å². The van der Waals surface area contributed by atoms with E-state index in [0.29, 0.717) is 4.90 Å². The van der Waals surface area contributed by atoms with Crippen LogP contribution in [0.2, 0.25) is 0 Å². The zero-order chi connectivity index (χ0) is 17.0. The molecule has 1 amide bonds. The Balaban J connectivity index is 2.26. The third-order valence-electron chi connectivity index (χ3n) is 2.98. The molecule has 0 fully saturated rings. The van der Waals surface area contributed by atoms with Crippen LogP contribution >= 0.6 is 0 Å². The number of nitrogens with zero attached hydrogens (tertiary/aromatic N) is 1. The first-order valence-corrected chi connectivity index (χ1v) is 6.52. The van der Waals surface area contributed by atoms with Gasteiger partial charge in [-0.3, -0.25) is 4.79 Å². The molecule has 0 unspecified atom stereocenters. The van der Waals surface area contributed by atoms with E-state index in [1.807, 2.05) is 0 Å². The van der Waals surface area contributed by atoms with Crippen molar-refractivity contribution < 1.29 is 31.5 Å². The van der Waals surface area contributed by atoms with E-state index < -0.39 is 24.4 Å². The zero-order valence-electron chi connectivity index (χ0n) is 12.1. The van der Waals surface area contributed by atoms with Crippen molar-refractivity contribution in [2.75, 3.05) is 13.7 Å². The molecular formula is C15H13F4NO3. The number of amides is 1. The molecule has 0 atom stereocenters. The summed E-state index contributed by atoms with van der Waals surface area (Å²) in [5.74, 6) is -1.70. The van der Waals surface area contributed by atoms with Gasteiger partial charge in [0.25, 0.3) is 5.91 Å². The van der Waals surface area contributed by atoms with E-state index in [-0.39, 0.29) is 23.6 Å². The number of ether oxygens (including phenoxy) is 1. The van der Waals surface area contributed by atoms with Crippen molar-refractivity contribution in [3.63, 3.8) is 0 Å².